The van der Waals surface area contributed by atoms with E-state index < -0.39 is 23.3 Å². The number of hydrogen-bond acceptors (Lipinski definition) is 5. The van der Waals surface area contributed by atoms with Gasteiger partial charge in [0.1, 0.15) is 17.9 Å². The van der Waals surface area contributed by atoms with Crippen LogP contribution in [-0.2, 0) is 21.5 Å². The second-order valence-electron chi connectivity index (χ2n) is 8.48. The molecule has 9 heteroatoms. The smallest absolute Gasteiger partial charge is 0.319 e. The predicted molar refractivity (Wildman–Crippen MR) is 127 cm³/mol. The highest BCUT2D eigenvalue weighted by molar-refractivity contribution is 7.09. The summed E-state index contributed by atoms with van der Waals surface area (Å²) in [4.78, 5) is 46.4. The van der Waals surface area contributed by atoms with Gasteiger partial charge in [-0.2, -0.15) is 0 Å². The van der Waals surface area contributed by atoms with Crippen LogP contribution >= 0.6 is 11.3 Å². The Balaban J connectivity index is 1.36. The molecule has 1 aromatic heterocycles. The lowest BCUT2D eigenvalue weighted by molar-refractivity contribution is -0.134. The molecule has 3 aromatic rings. The van der Waals surface area contributed by atoms with Crippen molar-refractivity contribution in [2.45, 2.75) is 32.2 Å². The summed E-state index contributed by atoms with van der Waals surface area (Å²) < 4.78 is 13.4. The zero-order valence-electron chi connectivity index (χ0n) is 18.8. The van der Waals surface area contributed by atoms with E-state index in [0.29, 0.717) is 18.5 Å². The van der Waals surface area contributed by atoms with Crippen molar-refractivity contribution in [2.75, 3.05) is 18.0 Å². The van der Waals surface area contributed by atoms with Crippen LogP contribution < -0.4 is 10.2 Å². The summed E-state index contributed by atoms with van der Waals surface area (Å²) in [6.45, 7) is 3.85. The van der Waals surface area contributed by atoms with Crippen molar-refractivity contribution in [2.24, 2.45) is 0 Å². The third-order valence-electron chi connectivity index (χ3n) is 6.53. The number of hydrogen-bond donors (Lipinski definition) is 1. The van der Waals surface area contributed by atoms with Crippen LogP contribution in [-0.4, -0.2) is 40.8 Å². The Bertz CT molecular complexity index is 1310. The molecule has 0 saturated carbocycles. The minimum absolute atomic E-state index is 0.277. The first-order valence-electron chi connectivity index (χ1n) is 11.1. The summed E-state index contributed by atoms with van der Waals surface area (Å²) in [5, 5.41) is 5.73. The molecule has 4 amide bonds. The molecule has 2 aromatic carbocycles. The maximum absolute atomic E-state index is 13.4. The highest BCUT2D eigenvalue weighted by Crippen LogP contribution is 2.35. The SMILES string of the molecule is CCC1(c2ccc(F)cc2)NC(=O)N(CC(=O)N2CCc3cc(-c4csc(C)n4)ccc32)C1=O. The number of urea groups is 1. The van der Waals surface area contributed by atoms with Gasteiger partial charge in [-0.05, 0) is 55.2 Å². The Hall–Kier alpha value is -3.59. The van der Waals surface area contributed by atoms with E-state index in [4.69, 9.17) is 0 Å². The number of carbonyl (C=O) groups excluding carboxylic acids is 3. The van der Waals surface area contributed by atoms with Crippen molar-refractivity contribution >= 4 is 34.9 Å². The van der Waals surface area contributed by atoms with Crippen LogP contribution in [0, 0.1) is 12.7 Å². The van der Waals surface area contributed by atoms with Crippen molar-refractivity contribution in [3.05, 3.63) is 69.8 Å². The molecular weight excluding hydrogens is 455 g/mol. The summed E-state index contributed by atoms with van der Waals surface area (Å²) in [5.41, 5.74) is 2.90. The number of fused-ring (bicyclic) bond motifs is 1. The number of anilines is 1. The maximum Gasteiger partial charge on any atom is 0.325 e. The zero-order chi connectivity index (χ0) is 24.0. The van der Waals surface area contributed by atoms with Gasteiger partial charge < -0.3 is 10.2 Å². The fraction of sp³-hybridized carbons (Fsp3) is 0.280. The number of halogens is 1. The van der Waals surface area contributed by atoms with E-state index in [1.807, 2.05) is 30.5 Å². The first-order valence-corrected chi connectivity index (χ1v) is 12.0. The number of carbonyl (C=O) groups is 3. The van der Waals surface area contributed by atoms with E-state index in [-0.39, 0.29) is 18.9 Å². The van der Waals surface area contributed by atoms with Crippen LogP contribution in [0.25, 0.3) is 11.3 Å². The van der Waals surface area contributed by atoms with Crippen molar-refractivity contribution in [1.29, 1.82) is 0 Å². The first-order chi connectivity index (χ1) is 16.3. The van der Waals surface area contributed by atoms with Gasteiger partial charge in [-0.3, -0.25) is 14.5 Å². The Morgan fingerprint density at radius 2 is 1.97 bits per heavy atom. The minimum Gasteiger partial charge on any atom is -0.319 e. The number of aromatic nitrogens is 1. The van der Waals surface area contributed by atoms with Crippen LogP contribution in [0.5, 0.6) is 0 Å². The Morgan fingerprint density at radius 3 is 2.65 bits per heavy atom. The summed E-state index contributed by atoms with van der Waals surface area (Å²) in [5.74, 6) is -1.27. The number of rotatable bonds is 5. The fourth-order valence-electron chi connectivity index (χ4n) is 4.68. The number of amides is 4. The fourth-order valence-corrected chi connectivity index (χ4v) is 5.30. The molecule has 2 aliphatic heterocycles. The van der Waals surface area contributed by atoms with Gasteiger partial charge in [0.2, 0.25) is 5.91 Å². The predicted octanol–water partition coefficient (Wildman–Crippen LogP) is 4.00. The molecule has 2 aliphatic rings. The van der Waals surface area contributed by atoms with Crippen LogP contribution in [0.3, 0.4) is 0 Å². The van der Waals surface area contributed by atoms with E-state index in [1.165, 1.54) is 24.3 Å². The molecule has 3 heterocycles. The van der Waals surface area contributed by atoms with Crippen LogP contribution in [0.4, 0.5) is 14.9 Å². The van der Waals surface area contributed by atoms with Crippen molar-refractivity contribution in [3.63, 3.8) is 0 Å². The lowest BCUT2D eigenvalue weighted by atomic mass is 9.87. The molecule has 0 radical (unpaired) electrons. The first kappa shape index (κ1) is 22.2. The summed E-state index contributed by atoms with van der Waals surface area (Å²) in [6.07, 6.45) is 0.964. The molecule has 1 atom stereocenters. The Kier molecular flexibility index (Phi) is 5.44. The highest BCUT2D eigenvalue weighted by atomic mass is 32.1. The second-order valence-corrected chi connectivity index (χ2v) is 9.54. The molecule has 0 aliphatic carbocycles. The number of aryl methyl sites for hydroxylation is 1. The number of thiazole rings is 1. The van der Waals surface area contributed by atoms with Crippen molar-refractivity contribution in [1.82, 2.24) is 15.2 Å². The molecule has 0 bridgehead atoms. The minimum atomic E-state index is -1.31. The average molecular weight is 479 g/mol. The van der Waals surface area contributed by atoms with Crippen molar-refractivity contribution in [3.8, 4) is 11.3 Å². The molecule has 1 fully saturated rings. The Morgan fingerprint density at radius 1 is 1.21 bits per heavy atom. The molecule has 5 rings (SSSR count). The molecule has 34 heavy (non-hydrogen) atoms. The van der Waals surface area contributed by atoms with E-state index >= 15 is 0 Å². The monoisotopic (exact) mass is 478 g/mol. The number of benzene rings is 2. The number of imide groups is 1. The van der Waals surface area contributed by atoms with E-state index in [0.717, 1.165) is 32.4 Å². The molecule has 174 valence electrons. The summed E-state index contributed by atoms with van der Waals surface area (Å²) in [6, 6.07) is 10.7. The standard InChI is InChI=1S/C25H23FN4O3S/c1-3-25(18-5-7-19(26)8-6-18)23(32)30(24(33)28-25)13-22(31)29-11-10-17-12-16(4-9-21(17)29)20-14-34-15(2)27-20/h4-9,12,14H,3,10-11,13H2,1-2H3,(H,28,33). The third-order valence-corrected chi connectivity index (χ3v) is 7.30. The normalized spacial score (nSPS) is 19.5. The topological polar surface area (TPSA) is 82.6 Å². The lowest BCUT2D eigenvalue weighted by Crippen LogP contribution is -2.45. The van der Waals surface area contributed by atoms with Crippen LogP contribution in [0.15, 0.2) is 47.8 Å². The van der Waals surface area contributed by atoms with Gasteiger partial charge in [0, 0.05) is 23.2 Å². The third kappa shape index (κ3) is 3.56. The van der Waals surface area contributed by atoms with E-state index in [9.17, 15) is 18.8 Å². The lowest BCUT2D eigenvalue weighted by Gasteiger charge is -2.26. The molecule has 7 nitrogen and oxygen atoms in total. The quantitative estimate of drug-likeness (QED) is 0.562. The maximum atomic E-state index is 13.4. The van der Waals surface area contributed by atoms with Gasteiger partial charge in [-0.1, -0.05) is 25.1 Å². The number of nitrogens with one attached hydrogen (secondary N) is 1. The second kappa shape index (κ2) is 8.32. The molecular formula is C25H23FN4O3S. The van der Waals surface area contributed by atoms with Gasteiger partial charge >= 0.3 is 6.03 Å². The van der Waals surface area contributed by atoms with E-state index in [2.05, 4.69) is 10.3 Å². The number of nitrogens with zero attached hydrogens (tertiary/aromatic N) is 3. The van der Waals surface area contributed by atoms with Gasteiger partial charge in [0.25, 0.3) is 5.91 Å². The van der Waals surface area contributed by atoms with Crippen molar-refractivity contribution < 1.29 is 18.8 Å². The van der Waals surface area contributed by atoms with Gasteiger partial charge in [0.15, 0.2) is 0 Å². The molecule has 1 unspecified atom stereocenters. The molecule has 1 saturated heterocycles. The van der Waals surface area contributed by atoms with Crippen LogP contribution in [0.1, 0.15) is 29.5 Å². The summed E-state index contributed by atoms with van der Waals surface area (Å²) in [7, 11) is 0. The van der Waals surface area contributed by atoms with Gasteiger partial charge in [0.05, 0.1) is 10.7 Å². The van der Waals surface area contributed by atoms with Gasteiger partial charge in [-0.25, -0.2) is 14.2 Å². The van der Waals surface area contributed by atoms with Crippen LogP contribution in [0.2, 0.25) is 0 Å². The Labute approximate surface area is 200 Å². The van der Waals surface area contributed by atoms with E-state index in [1.54, 1.807) is 23.2 Å². The van der Waals surface area contributed by atoms with Gasteiger partial charge in [-0.15, -0.1) is 11.3 Å². The highest BCUT2D eigenvalue weighted by Gasteiger charge is 2.52. The molecule has 1 N–H and O–H groups in total. The molecule has 0 spiro atoms. The average Bonchev–Trinajstić information content (AvgIpc) is 3.52. The largest absolute Gasteiger partial charge is 0.325 e. The zero-order valence-corrected chi connectivity index (χ0v) is 19.6. The summed E-state index contributed by atoms with van der Waals surface area (Å²) >= 11 is 1.59.